The molecule has 1 aliphatic rings. The van der Waals surface area contributed by atoms with Gasteiger partial charge in [0.05, 0.1) is 18.3 Å². The van der Waals surface area contributed by atoms with Crippen molar-refractivity contribution in [1.82, 2.24) is 14.9 Å². The van der Waals surface area contributed by atoms with Crippen LogP contribution in [0.2, 0.25) is 0 Å². The summed E-state index contributed by atoms with van der Waals surface area (Å²) in [5.74, 6) is 1.07. The minimum absolute atomic E-state index is 0.106. The number of amides is 1. The molecular formula is C22H19N3O4S2. The molecule has 31 heavy (non-hydrogen) atoms. The van der Waals surface area contributed by atoms with E-state index < -0.39 is 0 Å². The van der Waals surface area contributed by atoms with E-state index in [-0.39, 0.29) is 30.7 Å². The minimum Gasteiger partial charge on any atom is -0.486 e. The first-order valence-corrected chi connectivity index (χ1v) is 11.5. The number of para-hydroxylation sites is 2. The van der Waals surface area contributed by atoms with Crippen LogP contribution in [-0.4, -0.2) is 34.7 Å². The molecule has 3 aromatic heterocycles. The van der Waals surface area contributed by atoms with Crippen LogP contribution in [-0.2, 0) is 11.3 Å². The maximum absolute atomic E-state index is 13.1. The molecule has 0 radical (unpaired) electrons. The number of ether oxygens (including phenoxy) is 2. The third kappa shape index (κ3) is 3.94. The summed E-state index contributed by atoms with van der Waals surface area (Å²) >= 11 is 3.07. The molecule has 0 aliphatic carbocycles. The van der Waals surface area contributed by atoms with E-state index in [9.17, 15) is 9.59 Å². The van der Waals surface area contributed by atoms with Gasteiger partial charge in [0.15, 0.2) is 11.5 Å². The highest BCUT2D eigenvalue weighted by molar-refractivity contribution is 7.19. The van der Waals surface area contributed by atoms with Crippen LogP contribution in [0.1, 0.15) is 4.88 Å². The summed E-state index contributed by atoms with van der Waals surface area (Å²) in [6.07, 6.45) is 1.14. The fourth-order valence-corrected chi connectivity index (χ4v) is 5.30. The predicted octanol–water partition coefficient (Wildman–Crippen LogP) is 3.45. The van der Waals surface area contributed by atoms with Crippen molar-refractivity contribution in [3.8, 4) is 21.9 Å². The van der Waals surface area contributed by atoms with Crippen LogP contribution in [0.5, 0.6) is 11.5 Å². The second-order valence-electron chi connectivity index (χ2n) is 7.22. The van der Waals surface area contributed by atoms with Gasteiger partial charge < -0.3 is 14.8 Å². The Balaban J connectivity index is 1.29. The summed E-state index contributed by atoms with van der Waals surface area (Å²) in [5, 5.41) is 5.33. The van der Waals surface area contributed by atoms with Gasteiger partial charge in [0.1, 0.15) is 24.1 Å². The summed E-state index contributed by atoms with van der Waals surface area (Å²) in [5.41, 5.74) is 0.658. The molecule has 0 saturated heterocycles. The first-order chi connectivity index (χ1) is 15.1. The molecule has 1 atom stereocenters. The molecule has 4 aromatic rings. The molecule has 1 aromatic carbocycles. The Kier molecular flexibility index (Phi) is 5.21. The second-order valence-corrected chi connectivity index (χ2v) is 9.37. The zero-order valence-corrected chi connectivity index (χ0v) is 18.3. The van der Waals surface area contributed by atoms with Gasteiger partial charge in [-0.3, -0.25) is 14.2 Å². The molecule has 0 unspecified atom stereocenters. The molecule has 158 valence electrons. The quantitative estimate of drug-likeness (QED) is 0.501. The average molecular weight is 454 g/mol. The van der Waals surface area contributed by atoms with Crippen molar-refractivity contribution in [3.05, 3.63) is 63.3 Å². The Labute approximate surface area is 185 Å². The maximum Gasteiger partial charge on any atom is 0.263 e. The van der Waals surface area contributed by atoms with E-state index in [2.05, 4.69) is 10.3 Å². The number of aromatic nitrogens is 2. The highest BCUT2D eigenvalue weighted by atomic mass is 32.1. The van der Waals surface area contributed by atoms with Crippen LogP contribution in [0.15, 0.2) is 52.9 Å². The first kappa shape index (κ1) is 19.8. The largest absolute Gasteiger partial charge is 0.486 e. The Bertz CT molecular complexity index is 1320. The molecule has 1 aliphatic heterocycles. The van der Waals surface area contributed by atoms with Crippen LogP contribution in [0, 0.1) is 6.92 Å². The molecule has 0 spiro atoms. The second kappa shape index (κ2) is 8.16. The summed E-state index contributed by atoms with van der Waals surface area (Å²) in [4.78, 5) is 32.8. The van der Waals surface area contributed by atoms with E-state index in [0.717, 1.165) is 10.4 Å². The van der Waals surface area contributed by atoms with E-state index in [1.807, 2.05) is 48.7 Å². The zero-order valence-electron chi connectivity index (χ0n) is 16.7. The molecule has 0 saturated carbocycles. The van der Waals surface area contributed by atoms with Gasteiger partial charge in [0.2, 0.25) is 5.91 Å². The Morgan fingerprint density at radius 1 is 1.26 bits per heavy atom. The zero-order chi connectivity index (χ0) is 21.4. The van der Waals surface area contributed by atoms with Crippen molar-refractivity contribution >= 4 is 38.8 Å². The monoisotopic (exact) mass is 453 g/mol. The summed E-state index contributed by atoms with van der Waals surface area (Å²) in [6.45, 7) is 2.56. The van der Waals surface area contributed by atoms with Crippen LogP contribution in [0.25, 0.3) is 20.7 Å². The number of carbonyl (C=O) groups excluding carboxylic acids is 1. The van der Waals surface area contributed by atoms with Crippen molar-refractivity contribution in [2.75, 3.05) is 13.2 Å². The number of aryl methyl sites for hydroxylation is 1. The van der Waals surface area contributed by atoms with Gasteiger partial charge in [-0.25, -0.2) is 4.98 Å². The Morgan fingerprint density at radius 3 is 2.90 bits per heavy atom. The summed E-state index contributed by atoms with van der Waals surface area (Å²) in [7, 11) is 0. The van der Waals surface area contributed by atoms with Crippen molar-refractivity contribution in [2.45, 2.75) is 19.6 Å². The van der Waals surface area contributed by atoms with Crippen molar-refractivity contribution in [2.24, 2.45) is 0 Å². The number of hydrogen-bond acceptors (Lipinski definition) is 7. The average Bonchev–Trinajstić information content (AvgIpc) is 3.40. The molecule has 1 amide bonds. The van der Waals surface area contributed by atoms with Crippen molar-refractivity contribution in [1.29, 1.82) is 0 Å². The predicted molar refractivity (Wildman–Crippen MR) is 121 cm³/mol. The Hall–Kier alpha value is -3.17. The molecule has 0 fully saturated rings. The number of thiophene rings is 2. The van der Waals surface area contributed by atoms with Crippen LogP contribution >= 0.6 is 22.7 Å². The normalized spacial score (nSPS) is 15.2. The van der Waals surface area contributed by atoms with Crippen molar-refractivity contribution < 1.29 is 14.3 Å². The number of rotatable bonds is 5. The highest BCUT2D eigenvalue weighted by Gasteiger charge is 2.21. The highest BCUT2D eigenvalue weighted by Crippen LogP contribution is 2.35. The third-order valence-corrected chi connectivity index (χ3v) is 6.90. The lowest BCUT2D eigenvalue weighted by Gasteiger charge is -2.26. The minimum atomic E-state index is -0.290. The first-order valence-electron chi connectivity index (χ1n) is 9.77. The van der Waals surface area contributed by atoms with E-state index in [4.69, 9.17) is 9.47 Å². The van der Waals surface area contributed by atoms with E-state index in [1.54, 1.807) is 11.3 Å². The fraction of sp³-hybridized carbons (Fsp3) is 0.227. The molecule has 9 heteroatoms. The summed E-state index contributed by atoms with van der Waals surface area (Å²) in [6, 6.07) is 11.5. The van der Waals surface area contributed by atoms with Gasteiger partial charge in [0, 0.05) is 20.7 Å². The molecule has 4 heterocycles. The van der Waals surface area contributed by atoms with Crippen LogP contribution < -0.4 is 20.3 Å². The molecule has 7 nitrogen and oxygen atoms in total. The standard InChI is InChI=1S/C22H19N3O4S2/c1-13-6-7-18(31-13)15-11-30-21-20(15)22(27)25(12-24-21)9-19(26)23-8-14-10-28-16-4-2-3-5-17(16)29-14/h2-7,11-12,14H,8-10H2,1H3,(H,23,26)/t14-/m0/s1. The lowest BCUT2D eigenvalue weighted by Crippen LogP contribution is -2.42. The maximum atomic E-state index is 13.1. The molecular weight excluding hydrogens is 434 g/mol. The Morgan fingerprint density at radius 2 is 2.10 bits per heavy atom. The number of fused-ring (bicyclic) bond motifs is 2. The van der Waals surface area contributed by atoms with Gasteiger partial charge in [-0.2, -0.15) is 0 Å². The molecule has 5 rings (SSSR count). The number of nitrogens with one attached hydrogen (secondary N) is 1. The van der Waals surface area contributed by atoms with Gasteiger partial charge >= 0.3 is 0 Å². The van der Waals surface area contributed by atoms with Crippen molar-refractivity contribution in [3.63, 3.8) is 0 Å². The van der Waals surface area contributed by atoms with E-state index in [1.165, 1.54) is 27.1 Å². The number of carbonyl (C=O) groups is 1. The van der Waals surface area contributed by atoms with Gasteiger partial charge in [-0.05, 0) is 31.2 Å². The van der Waals surface area contributed by atoms with Gasteiger partial charge in [-0.1, -0.05) is 12.1 Å². The lowest BCUT2D eigenvalue weighted by atomic mass is 10.2. The third-order valence-electron chi connectivity index (χ3n) is 4.97. The lowest BCUT2D eigenvalue weighted by molar-refractivity contribution is -0.122. The summed E-state index contributed by atoms with van der Waals surface area (Å²) < 4.78 is 12.9. The number of benzene rings is 1. The number of hydrogen-bond donors (Lipinski definition) is 1. The van der Waals surface area contributed by atoms with E-state index >= 15 is 0 Å². The smallest absolute Gasteiger partial charge is 0.263 e. The van der Waals surface area contributed by atoms with Crippen LogP contribution in [0.3, 0.4) is 0 Å². The van der Waals surface area contributed by atoms with E-state index in [0.29, 0.717) is 28.3 Å². The fourth-order valence-electron chi connectivity index (χ4n) is 3.44. The molecule has 1 N–H and O–H groups in total. The molecule has 0 bridgehead atoms. The SMILES string of the molecule is Cc1ccc(-c2csc3ncn(CC(=O)NC[C@H]4COc5ccccc5O4)c(=O)c23)s1. The number of nitrogens with zero attached hydrogens (tertiary/aromatic N) is 2. The topological polar surface area (TPSA) is 82.5 Å². The van der Waals surface area contributed by atoms with Gasteiger partial charge in [-0.15, -0.1) is 22.7 Å². The van der Waals surface area contributed by atoms with Gasteiger partial charge in [0.25, 0.3) is 5.56 Å². The van der Waals surface area contributed by atoms with Crippen LogP contribution in [0.4, 0.5) is 0 Å².